The van der Waals surface area contributed by atoms with E-state index in [1.807, 2.05) is 6.07 Å². The molecule has 15 heavy (non-hydrogen) atoms. The molecular weight excluding hydrogens is 260 g/mol. The van der Waals surface area contributed by atoms with Crippen LogP contribution in [0, 0.1) is 10.1 Å². The van der Waals surface area contributed by atoms with Gasteiger partial charge in [-0.15, -0.1) is 0 Å². The summed E-state index contributed by atoms with van der Waals surface area (Å²) in [4.78, 5) is 10.4. The van der Waals surface area contributed by atoms with Gasteiger partial charge in [0.05, 0.1) is 9.40 Å². The first-order valence-electron chi connectivity index (χ1n) is 4.85. The fraction of sp³-hybridized carbons (Fsp3) is 0.400. The van der Waals surface area contributed by atoms with Gasteiger partial charge in [-0.2, -0.15) is 0 Å². The van der Waals surface area contributed by atoms with Crippen molar-refractivity contribution >= 4 is 21.6 Å². The van der Waals surface area contributed by atoms with E-state index in [0.717, 1.165) is 24.9 Å². The van der Waals surface area contributed by atoms with E-state index in [9.17, 15) is 10.1 Å². The van der Waals surface area contributed by atoms with E-state index < -0.39 is 0 Å². The van der Waals surface area contributed by atoms with Crippen molar-refractivity contribution < 1.29 is 4.92 Å². The quantitative estimate of drug-likeness (QED) is 0.664. The fourth-order valence-electron chi connectivity index (χ4n) is 1.86. The molecule has 4 nitrogen and oxygen atoms in total. The highest BCUT2D eigenvalue weighted by molar-refractivity contribution is 9.10. The molecule has 80 valence electrons. The van der Waals surface area contributed by atoms with E-state index in [2.05, 4.69) is 21.2 Å². The van der Waals surface area contributed by atoms with E-state index in [1.54, 1.807) is 12.1 Å². The normalized spacial score (nSPS) is 20.5. The Bertz CT molecular complexity index is 389. The van der Waals surface area contributed by atoms with Gasteiger partial charge >= 0.3 is 0 Å². The molecule has 0 aliphatic carbocycles. The van der Waals surface area contributed by atoms with Crippen LogP contribution in [0.5, 0.6) is 0 Å². The molecule has 0 saturated carbocycles. The molecular formula is C10H11BrN2O2. The largest absolute Gasteiger partial charge is 0.310 e. The lowest BCUT2D eigenvalue weighted by Crippen LogP contribution is -2.12. The molecule has 1 aromatic rings. The standard InChI is InChI=1S/C10H11BrN2O2/c11-8-4-3-7(6-10(8)13(14)15)9-2-1-5-12-9/h3-4,6,9,12H,1-2,5H2. The number of nitrogens with zero attached hydrogens (tertiary/aromatic N) is 1. The minimum Gasteiger partial charge on any atom is -0.310 e. The lowest BCUT2D eigenvalue weighted by molar-refractivity contribution is -0.385. The smallest absolute Gasteiger partial charge is 0.283 e. The van der Waals surface area contributed by atoms with Crippen molar-refractivity contribution in [3.8, 4) is 0 Å². The van der Waals surface area contributed by atoms with Crippen LogP contribution in [0.3, 0.4) is 0 Å². The number of hydrogen-bond acceptors (Lipinski definition) is 3. The summed E-state index contributed by atoms with van der Waals surface area (Å²) in [5, 5.41) is 14.1. The van der Waals surface area contributed by atoms with Gasteiger partial charge in [0.2, 0.25) is 0 Å². The first kappa shape index (κ1) is 10.6. The summed E-state index contributed by atoms with van der Waals surface area (Å²) in [6, 6.07) is 5.59. The minimum atomic E-state index is -0.359. The molecule has 1 fully saturated rings. The predicted molar refractivity (Wildman–Crippen MR) is 60.8 cm³/mol. The molecule has 1 saturated heterocycles. The predicted octanol–water partition coefficient (Wildman–Crippen LogP) is 2.78. The SMILES string of the molecule is O=[N+]([O-])c1cc(C2CCCN2)ccc1Br. The molecule has 0 bridgehead atoms. The second-order valence-corrected chi connectivity index (χ2v) is 4.47. The molecule has 1 aromatic carbocycles. The van der Waals surface area contributed by atoms with E-state index in [1.165, 1.54) is 0 Å². The third kappa shape index (κ3) is 2.18. The molecule has 0 aromatic heterocycles. The van der Waals surface area contributed by atoms with Gasteiger partial charge in [0, 0.05) is 12.1 Å². The van der Waals surface area contributed by atoms with Crippen molar-refractivity contribution in [3.63, 3.8) is 0 Å². The first-order valence-corrected chi connectivity index (χ1v) is 5.65. The second-order valence-electron chi connectivity index (χ2n) is 3.62. The Morgan fingerprint density at radius 2 is 2.33 bits per heavy atom. The van der Waals surface area contributed by atoms with Crippen molar-refractivity contribution in [1.82, 2.24) is 5.32 Å². The molecule has 0 spiro atoms. The number of rotatable bonds is 2. The highest BCUT2D eigenvalue weighted by Crippen LogP contribution is 2.30. The zero-order chi connectivity index (χ0) is 10.8. The van der Waals surface area contributed by atoms with Gasteiger partial charge in [-0.05, 0) is 46.9 Å². The summed E-state index contributed by atoms with van der Waals surface area (Å²) in [5.74, 6) is 0. The number of benzene rings is 1. The van der Waals surface area contributed by atoms with Crippen molar-refractivity contribution in [2.75, 3.05) is 6.54 Å². The molecule has 0 amide bonds. The molecule has 1 N–H and O–H groups in total. The van der Waals surface area contributed by atoms with Gasteiger partial charge in [-0.25, -0.2) is 0 Å². The topological polar surface area (TPSA) is 55.2 Å². The Morgan fingerprint density at radius 3 is 2.93 bits per heavy atom. The van der Waals surface area contributed by atoms with Crippen LogP contribution in [0.2, 0.25) is 0 Å². The Kier molecular flexibility index (Phi) is 3.02. The number of nitrogens with one attached hydrogen (secondary N) is 1. The minimum absolute atomic E-state index is 0.140. The molecule has 1 heterocycles. The van der Waals surface area contributed by atoms with Crippen molar-refractivity contribution in [2.45, 2.75) is 18.9 Å². The lowest BCUT2D eigenvalue weighted by Gasteiger charge is -2.10. The summed E-state index contributed by atoms with van der Waals surface area (Å²) in [6.45, 7) is 0.995. The van der Waals surface area contributed by atoms with E-state index in [4.69, 9.17) is 0 Å². The van der Waals surface area contributed by atoms with Crippen LogP contribution in [0.25, 0.3) is 0 Å². The third-order valence-corrected chi connectivity index (χ3v) is 3.30. The van der Waals surface area contributed by atoms with Gasteiger partial charge in [0.15, 0.2) is 0 Å². The molecule has 2 rings (SSSR count). The second kappa shape index (κ2) is 4.28. The van der Waals surface area contributed by atoms with Crippen LogP contribution in [0.1, 0.15) is 24.4 Å². The summed E-state index contributed by atoms with van der Waals surface area (Å²) in [6.07, 6.45) is 2.19. The van der Waals surface area contributed by atoms with Gasteiger partial charge in [0.1, 0.15) is 0 Å². The van der Waals surface area contributed by atoms with Crippen LogP contribution < -0.4 is 5.32 Å². The van der Waals surface area contributed by atoms with Crippen LogP contribution in [0.4, 0.5) is 5.69 Å². The maximum absolute atomic E-state index is 10.7. The molecule has 1 atom stereocenters. The highest BCUT2D eigenvalue weighted by Gasteiger charge is 2.20. The Hall–Kier alpha value is -0.940. The highest BCUT2D eigenvalue weighted by atomic mass is 79.9. The Morgan fingerprint density at radius 1 is 1.53 bits per heavy atom. The number of nitro benzene ring substituents is 1. The monoisotopic (exact) mass is 270 g/mol. The molecule has 0 radical (unpaired) electrons. The van der Waals surface area contributed by atoms with Crippen LogP contribution >= 0.6 is 15.9 Å². The molecule has 1 aliphatic heterocycles. The zero-order valence-corrected chi connectivity index (χ0v) is 9.66. The van der Waals surface area contributed by atoms with Gasteiger partial charge in [-0.3, -0.25) is 10.1 Å². The lowest BCUT2D eigenvalue weighted by atomic mass is 10.1. The number of nitro groups is 1. The average Bonchev–Trinajstić information content (AvgIpc) is 2.71. The zero-order valence-electron chi connectivity index (χ0n) is 8.07. The summed E-state index contributed by atoms with van der Waals surface area (Å²) in [7, 11) is 0. The Labute approximate surface area is 96.0 Å². The summed E-state index contributed by atoms with van der Waals surface area (Å²) in [5.41, 5.74) is 1.14. The number of halogens is 1. The van der Waals surface area contributed by atoms with Gasteiger partial charge in [0.25, 0.3) is 5.69 Å². The fourth-order valence-corrected chi connectivity index (χ4v) is 2.25. The molecule has 1 aliphatic rings. The molecule has 5 heteroatoms. The van der Waals surface area contributed by atoms with Crippen molar-refractivity contribution in [1.29, 1.82) is 0 Å². The third-order valence-electron chi connectivity index (χ3n) is 2.63. The van der Waals surface area contributed by atoms with Gasteiger partial charge in [-0.1, -0.05) is 6.07 Å². The molecule has 1 unspecified atom stereocenters. The Balaban J connectivity index is 2.33. The maximum atomic E-state index is 10.7. The number of hydrogen-bond donors (Lipinski definition) is 1. The van der Waals surface area contributed by atoms with E-state index >= 15 is 0 Å². The van der Waals surface area contributed by atoms with Crippen LogP contribution in [-0.2, 0) is 0 Å². The first-order chi connectivity index (χ1) is 7.18. The van der Waals surface area contributed by atoms with Gasteiger partial charge < -0.3 is 5.32 Å². The van der Waals surface area contributed by atoms with Crippen LogP contribution in [-0.4, -0.2) is 11.5 Å². The van der Waals surface area contributed by atoms with Crippen LogP contribution in [0.15, 0.2) is 22.7 Å². The van der Waals surface area contributed by atoms with E-state index in [0.29, 0.717) is 4.47 Å². The van der Waals surface area contributed by atoms with Crippen molar-refractivity contribution in [3.05, 3.63) is 38.3 Å². The average molecular weight is 271 g/mol. The van der Waals surface area contributed by atoms with E-state index in [-0.39, 0.29) is 16.7 Å². The maximum Gasteiger partial charge on any atom is 0.283 e. The summed E-state index contributed by atoms with van der Waals surface area (Å²) < 4.78 is 0.536. The summed E-state index contributed by atoms with van der Waals surface area (Å²) >= 11 is 3.18. The van der Waals surface area contributed by atoms with Crippen molar-refractivity contribution in [2.24, 2.45) is 0 Å².